The van der Waals surface area contributed by atoms with Crippen LogP contribution in [0.2, 0.25) is 0 Å². The molecule has 2 amide bonds. The second-order valence-electron chi connectivity index (χ2n) is 6.60. The van der Waals surface area contributed by atoms with Crippen LogP contribution in [0.25, 0.3) is 0 Å². The van der Waals surface area contributed by atoms with Crippen LogP contribution in [-0.2, 0) is 20.9 Å². The molecule has 1 aliphatic rings. The molecule has 0 bridgehead atoms. The number of aryl methyl sites for hydroxylation is 1. The van der Waals surface area contributed by atoms with E-state index in [0.29, 0.717) is 35.0 Å². The fraction of sp³-hybridized carbons (Fsp3) is 0.350. The predicted molar refractivity (Wildman–Crippen MR) is 104 cm³/mol. The van der Waals surface area contributed by atoms with Crippen molar-refractivity contribution in [1.82, 2.24) is 4.57 Å². The Morgan fingerprint density at radius 2 is 2.04 bits per heavy atom. The van der Waals surface area contributed by atoms with Gasteiger partial charge in [0.1, 0.15) is 12.3 Å². The first-order valence-electron chi connectivity index (χ1n) is 9.05. The molecule has 0 fully saturated rings. The number of esters is 1. The molecule has 0 radical (unpaired) electrons. The van der Waals surface area contributed by atoms with E-state index >= 15 is 0 Å². The van der Waals surface area contributed by atoms with Crippen molar-refractivity contribution in [3.8, 4) is 5.75 Å². The Labute approximate surface area is 162 Å². The van der Waals surface area contributed by atoms with Crippen LogP contribution in [0.5, 0.6) is 5.75 Å². The minimum Gasteiger partial charge on any atom is -0.479 e. The van der Waals surface area contributed by atoms with Crippen LogP contribution in [0, 0.1) is 13.8 Å². The first-order chi connectivity index (χ1) is 13.3. The zero-order chi connectivity index (χ0) is 20.4. The summed E-state index contributed by atoms with van der Waals surface area (Å²) in [6, 6.07) is 6.77. The summed E-state index contributed by atoms with van der Waals surface area (Å²) in [5.74, 6) is -0.335. The van der Waals surface area contributed by atoms with Crippen LogP contribution in [0.3, 0.4) is 0 Å². The van der Waals surface area contributed by atoms with Gasteiger partial charge in [-0.3, -0.25) is 9.59 Å². The molecule has 2 heterocycles. The normalized spacial score (nSPS) is 15.3. The number of carbonyl (C=O) groups excluding carboxylic acids is 3. The van der Waals surface area contributed by atoms with Crippen LogP contribution in [-0.4, -0.2) is 35.1 Å². The number of amides is 2. The number of nitrogens with one attached hydrogen (secondary N) is 2. The van der Waals surface area contributed by atoms with Crippen molar-refractivity contribution in [3.63, 3.8) is 0 Å². The Balaban J connectivity index is 1.72. The van der Waals surface area contributed by atoms with Gasteiger partial charge in [0.2, 0.25) is 5.91 Å². The van der Waals surface area contributed by atoms with E-state index in [2.05, 4.69) is 10.6 Å². The minimum absolute atomic E-state index is 0.0497. The van der Waals surface area contributed by atoms with Gasteiger partial charge in [-0.1, -0.05) is 0 Å². The van der Waals surface area contributed by atoms with E-state index in [-0.39, 0.29) is 18.4 Å². The molecule has 0 saturated heterocycles. The van der Waals surface area contributed by atoms with E-state index in [9.17, 15) is 14.4 Å². The molecule has 148 valence electrons. The van der Waals surface area contributed by atoms with Gasteiger partial charge in [0.25, 0.3) is 5.91 Å². The summed E-state index contributed by atoms with van der Waals surface area (Å²) in [5.41, 5.74) is 2.96. The minimum atomic E-state index is -0.554. The molecule has 1 aromatic carbocycles. The fourth-order valence-corrected chi connectivity index (χ4v) is 3.09. The zero-order valence-corrected chi connectivity index (χ0v) is 16.3. The number of benzene rings is 1. The molecule has 2 aromatic rings. The molecule has 8 heteroatoms. The largest absolute Gasteiger partial charge is 0.479 e. The topological polar surface area (TPSA) is 98.7 Å². The van der Waals surface area contributed by atoms with E-state index in [1.807, 2.05) is 6.92 Å². The molecule has 0 saturated carbocycles. The fourth-order valence-electron chi connectivity index (χ4n) is 3.09. The third kappa shape index (κ3) is 3.85. The lowest BCUT2D eigenvalue weighted by Gasteiger charge is -2.23. The van der Waals surface area contributed by atoms with Crippen molar-refractivity contribution in [3.05, 3.63) is 41.2 Å². The van der Waals surface area contributed by atoms with Gasteiger partial charge < -0.3 is 24.7 Å². The second-order valence-corrected chi connectivity index (χ2v) is 6.60. The quantitative estimate of drug-likeness (QED) is 0.771. The van der Waals surface area contributed by atoms with Gasteiger partial charge in [-0.25, -0.2) is 4.79 Å². The van der Waals surface area contributed by atoms with Crippen molar-refractivity contribution in [2.45, 2.75) is 40.3 Å². The van der Waals surface area contributed by atoms with Crippen molar-refractivity contribution >= 4 is 29.2 Å². The Hall–Kier alpha value is -3.29. The number of carbonyl (C=O) groups is 3. The van der Waals surface area contributed by atoms with Gasteiger partial charge >= 0.3 is 5.97 Å². The molecular weight excluding hydrogens is 362 g/mol. The number of rotatable bonds is 5. The average Bonchev–Trinajstić information content (AvgIpc) is 2.91. The number of aromatic nitrogens is 1. The summed E-state index contributed by atoms with van der Waals surface area (Å²) in [6.07, 6.45) is -0.554. The van der Waals surface area contributed by atoms with Gasteiger partial charge in [-0.15, -0.1) is 0 Å². The number of fused-ring (bicyclic) bond motifs is 1. The van der Waals surface area contributed by atoms with E-state index in [1.54, 1.807) is 49.6 Å². The molecule has 2 N–H and O–H groups in total. The van der Waals surface area contributed by atoms with Gasteiger partial charge in [-0.05, 0) is 52.0 Å². The van der Waals surface area contributed by atoms with Gasteiger partial charge in [0.05, 0.1) is 17.9 Å². The van der Waals surface area contributed by atoms with Gasteiger partial charge in [0.15, 0.2) is 6.10 Å². The molecule has 0 aliphatic carbocycles. The molecule has 0 spiro atoms. The third-order valence-corrected chi connectivity index (χ3v) is 4.56. The van der Waals surface area contributed by atoms with E-state index in [4.69, 9.17) is 9.47 Å². The molecule has 3 rings (SSSR count). The number of anilines is 2. The standard InChI is InChI=1S/C20H23N3O5/c1-5-27-20(26)15-8-11(2)23(12(15)3)10-18(24)21-14-6-7-17-16(9-14)22-19(25)13(4)28-17/h6-9,13H,5,10H2,1-4H3,(H,21,24)(H,22,25)/t13-/m0/s1. The monoisotopic (exact) mass is 385 g/mol. The zero-order valence-electron chi connectivity index (χ0n) is 16.3. The maximum atomic E-state index is 12.5. The summed E-state index contributed by atoms with van der Waals surface area (Å²) in [7, 11) is 0. The lowest BCUT2D eigenvalue weighted by molar-refractivity contribution is -0.122. The maximum absolute atomic E-state index is 12.5. The van der Waals surface area contributed by atoms with Crippen LogP contribution >= 0.6 is 0 Å². The van der Waals surface area contributed by atoms with E-state index in [1.165, 1.54) is 0 Å². The molecule has 28 heavy (non-hydrogen) atoms. The highest BCUT2D eigenvalue weighted by atomic mass is 16.5. The lowest BCUT2D eigenvalue weighted by atomic mass is 10.2. The van der Waals surface area contributed by atoms with Gasteiger partial charge in [0, 0.05) is 17.1 Å². The molecule has 0 unspecified atom stereocenters. The smallest absolute Gasteiger partial charge is 0.339 e. The van der Waals surface area contributed by atoms with Crippen LogP contribution in [0.1, 0.15) is 35.6 Å². The van der Waals surface area contributed by atoms with Gasteiger partial charge in [-0.2, -0.15) is 0 Å². The number of hydrogen-bond donors (Lipinski definition) is 2. The Bertz CT molecular complexity index is 948. The van der Waals surface area contributed by atoms with Crippen LogP contribution in [0.4, 0.5) is 11.4 Å². The number of nitrogens with zero attached hydrogens (tertiary/aromatic N) is 1. The van der Waals surface area contributed by atoms with Crippen molar-refractivity contribution in [1.29, 1.82) is 0 Å². The van der Waals surface area contributed by atoms with Crippen molar-refractivity contribution < 1.29 is 23.9 Å². The highest BCUT2D eigenvalue weighted by Gasteiger charge is 2.24. The molecular formula is C20H23N3O5. The second kappa shape index (κ2) is 7.75. The maximum Gasteiger partial charge on any atom is 0.339 e. The van der Waals surface area contributed by atoms with Crippen LogP contribution in [0.15, 0.2) is 24.3 Å². The molecule has 1 aliphatic heterocycles. The molecule has 8 nitrogen and oxygen atoms in total. The number of hydrogen-bond acceptors (Lipinski definition) is 5. The summed E-state index contributed by atoms with van der Waals surface area (Å²) in [5, 5.41) is 5.55. The van der Waals surface area contributed by atoms with Crippen LogP contribution < -0.4 is 15.4 Å². The predicted octanol–water partition coefficient (Wildman–Crippen LogP) is 2.64. The third-order valence-electron chi connectivity index (χ3n) is 4.56. The summed E-state index contributed by atoms with van der Waals surface area (Å²) in [4.78, 5) is 36.3. The van der Waals surface area contributed by atoms with E-state index in [0.717, 1.165) is 5.69 Å². The summed E-state index contributed by atoms with van der Waals surface area (Å²) >= 11 is 0. The highest BCUT2D eigenvalue weighted by molar-refractivity contribution is 5.99. The van der Waals surface area contributed by atoms with Crippen molar-refractivity contribution in [2.75, 3.05) is 17.2 Å². The molecule has 1 atom stereocenters. The first-order valence-corrected chi connectivity index (χ1v) is 9.05. The summed E-state index contributed by atoms with van der Waals surface area (Å²) in [6.45, 7) is 7.36. The Morgan fingerprint density at radius 1 is 1.29 bits per heavy atom. The van der Waals surface area contributed by atoms with E-state index < -0.39 is 12.1 Å². The first kappa shape index (κ1) is 19.5. The van der Waals surface area contributed by atoms with Crippen molar-refractivity contribution in [2.24, 2.45) is 0 Å². The summed E-state index contributed by atoms with van der Waals surface area (Å²) < 4.78 is 12.3. The Morgan fingerprint density at radius 3 is 2.75 bits per heavy atom. The number of ether oxygens (including phenoxy) is 2. The average molecular weight is 385 g/mol. The highest BCUT2D eigenvalue weighted by Crippen LogP contribution is 2.32. The Kier molecular flexibility index (Phi) is 5.39. The molecule has 1 aromatic heterocycles. The lowest BCUT2D eigenvalue weighted by Crippen LogP contribution is -2.34. The SMILES string of the molecule is CCOC(=O)c1cc(C)n(CC(=O)Nc2ccc3c(c2)NC(=O)[C@H](C)O3)c1C.